The number of carbonyl (C=O) groups is 1. The standard InChI is InChI=1S/C13H23N5OS/c1-3-10(9-18-7-5-6-8-18)14-12(19)15-13-17-16-11(4-2)20-13/h10H,3-9H2,1-2H3,(H2,14,15,17,19). The Morgan fingerprint density at radius 1 is 1.35 bits per heavy atom. The molecule has 0 bridgehead atoms. The fraction of sp³-hybridized carbons (Fsp3) is 0.769. The largest absolute Gasteiger partial charge is 0.334 e. The molecule has 1 aliphatic rings. The normalized spacial score (nSPS) is 17.1. The smallest absolute Gasteiger partial charge is 0.321 e. The number of amides is 2. The number of hydrogen-bond donors (Lipinski definition) is 2. The molecule has 7 heteroatoms. The summed E-state index contributed by atoms with van der Waals surface area (Å²) in [4.78, 5) is 14.4. The van der Waals surface area contributed by atoms with Gasteiger partial charge in [-0.1, -0.05) is 25.2 Å². The lowest BCUT2D eigenvalue weighted by Gasteiger charge is -2.23. The summed E-state index contributed by atoms with van der Waals surface area (Å²) in [6.07, 6.45) is 4.31. The first-order valence-electron chi connectivity index (χ1n) is 7.33. The summed E-state index contributed by atoms with van der Waals surface area (Å²) in [6, 6.07) is 0.00140. The van der Waals surface area contributed by atoms with Crippen molar-refractivity contribution in [2.45, 2.75) is 45.6 Å². The second-order valence-electron chi connectivity index (χ2n) is 5.07. The third-order valence-electron chi connectivity index (χ3n) is 3.50. The average Bonchev–Trinajstić information content (AvgIpc) is 3.09. The summed E-state index contributed by atoms with van der Waals surface area (Å²) in [7, 11) is 0. The average molecular weight is 297 g/mol. The molecule has 2 N–H and O–H groups in total. The Balaban J connectivity index is 1.78. The number of nitrogens with one attached hydrogen (secondary N) is 2. The molecule has 0 aliphatic carbocycles. The maximum absolute atomic E-state index is 12.0. The van der Waals surface area contributed by atoms with Crippen LogP contribution in [-0.2, 0) is 6.42 Å². The van der Waals surface area contributed by atoms with Gasteiger partial charge in [-0.15, -0.1) is 10.2 Å². The molecule has 1 aromatic rings. The number of aromatic nitrogens is 2. The van der Waals surface area contributed by atoms with Crippen LogP contribution in [0.5, 0.6) is 0 Å². The molecule has 0 aromatic carbocycles. The van der Waals surface area contributed by atoms with E-state index in [1.165, 1.54) is 24.2 Å². The lowest BCUT2D eigenvalue weighted by Crippen LogP contribution is -2.44. The monoisotopic (exact) mass is 297 g/mol. The van der Waals surface area contributed by atoms with Gasteiger partial charge in [-0.3, -0.25) is 5.32 Å². The van der Waals surface area contributed by atoms with E-state index in [4.69, 9.17) is 0 Å². The Morgan fingerprint density at radius 3 is 2.70 bits per heavy atom. The molecule has 1 aliphatic heterocycles. The molecule has 112 valence electrons. The highest BCUT2D eigenvalue weighted by Gasteiger charge is 2.18. The van der Waals surface area contributed by atoms with E-state index < -0.39 is 0 Å². The van der Waals surface area contributed by atoms with Crippen LogP contribution < -0.4 is 10.6 Å². The lowest BCUT2D eigenvalue weighted by atomic mass is 10.2. The summed E-state index contributed by atoms with van der Waals surface area (Å²) in [5.41, 5.74) is 0. The van der Waals surface area contributed by atoms with Crippen LogP contribution in [0.4, 0.5) is 9.93 Å². The Hall–Kier alpha value is -1.21. The van der Waals surface area contributed by atoms with Gasteiger partial charge in [-0.2, -0.15) is 0 Å². The van der Waals surface area contributed by atoms with Crippen molar-refractivity contribution < 1.29 is 4.79 Å². The van der Waals surface area contributed by atoms with Gasteiger partial charge >= 0.3 is 6.03 Å². The molecular formula is C13H23N5OS. The molecule has 1 atom stereocenters. The number of likely N-dealkylation sites (tertiary alicyclic amines) is 1. The van der Waals surface area contributed by atoms with Crippen molar-refractivity contribution in [1.29, 1.82) is 0 Å². The number of urea groups is 1. The van der Waals surface area contributed by atoms with Crippen molar-refractivity contribution in [2.24, 2.45) is 0 Å². The van der Waals surface area contributed by atoms with Crippen LogP contribution in [0.15, 0.2) is 0 Å². The van der Waals surface area contributed by atoms with Crippen molar-refractivity contribution in [1.82, 2.24) is 20.4 Å². The van der Waals surface area contributed by atoms with Gasteiger partial charge in [0.25, 0.3) is 0 Å². The highest BCUT2D eigenvalue weighted by molar-refractivity contribution is 7.15. The molecule has 1 saturated heterocycles. The Morgan fingerprint density at radius 2 is 2.10 bits per heavy atom. The van der Waals surface area contributed by atoms with E-state index in [-0.39, 0.29) is 12.1 Å². The zero-order valence-corrected chi connectivity index (χ0v) is 13.0. The van der Waals surface area contributed by atoms with E-state index in [9.17, 15) is 4.79 Å². The van der Waals surface area contributed by atoms with Crippen LogP contribution in [0.2, 0.25) is 0 Å². The zero-order chi connectivity index (χ0) is 14.4. The van der Waals surface area contributed by atoms with Gasteiger partial charge in [0.15, 0.2) is 0 Å². The van der Waals surface area contributed by atoms with Crippen LogP contribution in [0, 0.1) is 0 Å². The second-order valence-corrected chi connectivity index (χ2v) is 6.13. The molecule has 1 unspecified atom stereocenters. The first-order chi connectivity index (χ1) is 9.71. The van der Waals surface area contributed by atoms with E-state index in [1.54, 1.807) is 0 Å². The fourth-order valence-electron chi connectivity index (χ4n) is 2.32. The van der Waals surface area contributed by atoms with Crippen LogP contribution >= 0.6 is 11.3 Å². The molecule has 0 saturated carbocycles. The van der Waals surface area contributed by atoms with E-state index >= 15 is 0 Å². The fourth-order valence-corrected chi connectivity index (χ4v) is 2.99. The third-order valence-corrected chi connectivity index (χ3v) is 4.48. The lowest BCUT2D eigenvalue weighted by molar-refractivity contribution is 0.239. The highest BCUT2D eigenvalue weighted by atomic mass is 32.1. The van der Waals surface area contributed by atoms with E-state index in [1.807, 2.05) is 6.92 Å². The number of rotatable bonds is 6. The molecule has 0 spiro atoms. The molecule has 1 fully saturated rings. The topological polar surface area (TPSA) is 70.1 Å². The minimum Gasteiger partial charge on any atom is -0.334 e. The molecule has 6 nitrogen and oxygen atoms in total. The summed E-state index contributed by atoms with van der Waals surface area (Å²) < 4.78 is 0. The van der Waals surface area contributed by atoms with E-state index in [2.05, 4.69) is 32.7 Å². The van der Waals surface area contributed by atoms with Gasteiger partial charge in [0.2, 0.25) is 5.13 Å². The maximum atomic E-state index is 12.0. The quantitative estimate of drug-likeness (QED) is 0.843. The van der Waals surface area contributed by atoms with E-state index in [0.29, 0.717) is 5.13 Å². The Bertz CT molecular complexity index is 430. The van der Waals surface area contributed by atoms with Crippen molar-refractivity contribution in [3.05, 3.63) is 5.01 Å². The van der Waals surface area contributed by atoms with Crippen molar-refractivity contribution in [2.75, 3.05) is 25.0 Å². The second kappa shape index (κ2) is 7.54. The number of nitrogens with zero attached hydrogens (tertiary/aromatic N) is 3. The summed E-state index contributed by atoms with van der Waals surface area (Å²) >= 11 is 1.42. The molecule has 2 heterocycles. The number of anilines is 1. The predicted molar refractivity (Wildman–Crippen MR) is 81.2 cm³/mol. The zero-order valence-electron chi connectivity index (χ0n) is 12.2. The molecule has 1 aromatic heterocycles. The summed E-state index contributed by atoms with van der Waals surface area (Å²) in [5, 5.41) is 15.2. The van der Waals surface area contributed by atoms with Crippen LogP contribution in [-0.4, -0.2) is 46.8 Å². The minimum absolute atomic E-state index is 0.185. The van der Waals surface area contributed by atoms with Crippen LogP contribution in [0.1, 0.15) is 38.1 Å². The van der Waals surface area contributed by atoms with E-state index in [0.717, 1.165) is 37.5 Å². The van der Waals surface area contributed by atoms with Crippen molar-refractivity contribution >= 4 is 22.5 Å². The van der Waals surface area contributed by atoms with Gasteiger partial charge in [-0.25, -0.2) is 4.79 Å². The first-order valence-corrected chi connectivity index (χ1v) is 8.15. The van der Waals surface area contributed by atoms with Crippen molar-refractivity contribution in [3.63, 3.8) is 0 Å². The predicted octanol–water partition coefficient (Wildman–Crippen LogP) is 2.10. The molecule has 2 amide bonds. The Kier molecular flexibility index (Phi) is 5.72. The van der Waals surface area contributed by atoms with Gasteiger partial charge in [0.05, 0.1) is 0 Å². The van der Waals surface area contributed by atoms with Crippen LogP contribution in [0.3, 0.4) is 0 Å². The van der Waals surface area contributed by atoms with Gasteiger partial charge in [-0.05, 0) is 38.8 Å². The maximum Gasteiger partial charge on any atom is 0.321 e. The third kappa shape index (κ3) is 4.42. The number of aryl methyl sites for hydroxylation is 1. The first kappa shape index (κ1) is 15.2. The number of carbonyl (C=O) groups excluding carboxylic acids is 1. The molecular weight excluding hydrogens is 274 g/mol. The molecule has 0 radical (unpaired) electrons. The van der Waals surface area contributed by atoms with Crippen LogP contribution in [0.25, 0.3) is 0 Å². The molecule has 20 heavy (non-hydrogen) atoms. The van der Waals surface area contributed by atoms with Crippen molar-refractivity contribution in [3.8, 4) is 0 Å². The van der Waals surface area contributed by atoms with Gasteiger partial charge in [0.1, 0.15) is 5.01 Å². The minimum atomic E-state index is -0.185. The molecule has 2 rings (SSSR count). The summed E-state index contributed by atoms with van der Waals surface area (Å²) in [6.45, 7) is 7.35. The van der Waals surface area contributed by atoms with Gasteiger partial charge in [0, 0.05) is 12.6 Å². The highest BCUT2D eigenvalue weighted by Crippen LogP contribution is 2.15. The van der Waals surface area contributed by atoms with Gasteiger partial charge < -0.3 is 10.2 Å². The summed E-state index contributed by atoms with van der Waals surface area (Å²) in [5.74, 6) is 0. The number of hydrogen-bond acceptors (Lipinski definition) is 5. The Labute approximate surface area is 124 Å². The SMILES string of the molecule is CCc1nnc(NC(=O)NC(CC)CN2CCCC2)s1.